The van der Waals surface area contributed by atoms with E-state index in [1.807, 2.05) is 6.07 Å². The number of halogens is 1. The lowest BCUT2D eigenvalue weighted by Gasteiger charge is -2.05. The van der Waals surface area contributed by atoms with Crippen LogP contribution in [0.3, 0.4) is 0 Å². The highest BCUT2D eigenvalue weighted by Crippen LogP contribution is 2.18. The Hall–Kier alpha value is -1.75. The molecule has 0 fully saturated rings. The molecule has 0 aliphatic carbocycles. The molecule has 0 radical (unpaired) electrons. The Labute approximate surface area is 101 Å². The number of pyridine rings is 2. The fraction of sp³-hybridized carbons (Fsp3) is 0. The third-order valence-electron chi connectivity index (χ3n) is 1.91. The molecule has 0 aliphatic rings. The summed E-state index contributed by atoms with van der Waals surface area (Å²) in [4.78, 5) is 19.7. The fourth-order valence-electron chi connectivity index (χ4n) is 1.15. The number of nitrogens with one attached hydrogen (secondary N) is 1. The minimum Gasteiger partial charge on any atom is -0.306 e. The van der Waals surface area contributed by atoms with Crippen LogP contribution in [0.5, 0.6) is 0 Å². The normalized spacial score (nSPS) is 9.81. The fourth-order valence-corrected chi connectivity index (χ4v) is 1.51. The lowest BCUT2D eigenvalue weighted by atomic mass is 10.3. The molecule has 16 heavy (non-hydrogen) atoms. The Morgan fingerprint density at radius 1 is 1.25 bits per heavy atom. The number of carbonyl (C=O) groups excluding carboxylic acids is 1. The van der Waals surface area contributed by atoms with Gasteiger partial charge in [-0.25, -0.2) is 4.98 Å². The van der Waals surface area contributed by atoms with Gasteiger partial charge >= 0.3 is 0 Å². The molecular formula is C11H8BrN3O. The van der Waals surface area contributed by atoms with Crippen LogP contribution in [0.1, 0.15) is 10.4 Å². The molecule has 0 saturated carbocycles. The Morgan fingerprint density at radius 3 is 2.75 bits per heavy atom. The van der Waals surface area contributed by atoms with Gasteiger partial charge in [0, 0.05) is 18.6 Å². The van der Waals surface area contributed by atoms with Crippen LogP contribution < -0.4 is 5.32 Å². The zero-order valence-corrected chi connectivity index (χ0v) is 9.81. The van der Waals surface area contributed by atoms with Crippen LogP contribution in [-0.2, 0) is 0 Å². The third-order valence-corrected chi connectivity index (χ3v) is 2.55. The number of aromatic nitrogens is 2. The van der Waals surface area contributed by atoms with E-state index in [2.05, 4.69) is 31.2 Å². The van der Waals surface area contributed by atoms with Gasteiger partial charge in [0.2, 0.25) is 0 Å². The monoisotopic (exact) mass is 277 g/mol. The summed E-state index contributed by atoms with van der Waals surface area (Å²) in [5, 5.41) is 2.69. The van der Waals surface area contributed by atoms with Crippen LogP contribution in [0.25, 0.3) is 0 Å². The Bertz CT molecular complexity index is 502. The number of rotatable bonds is 2. The molecular weight excluding hydrogens is 270 g/mol. The Kier molecular flexibility index (Phi) is 3.26. The zero-order chi connectivity index (χ0) is 11.4. The van der Waals surface area contributed by atoms with Gasteiger partial charge in [0.05, 0.1) is 10.0 Å². The summed E-state index contributed by atoms with van der Waals surface area (Å²) in [6, 6.07) is 7.00. The number of nitrogens with zero attached hydrogens (tertiary/aromatic N) is 2. The maximum Gasteiger partial charge on any atom is 0.258 e. The molecule has 2 aromatic heterocycles. The van der Waals surface area contributed by atoms with E-state index in [0.29, 0.717) is 11.4 Å². The van der Waals surface area contributed by atoms with E-state index in [-0.39, 0.29) is 5.91 Å². The minimum atomic E-state index is -0.229. The highest BCUT2D eigenvalue weighted by atomic mass is 79.9. The van der Waals surface area contributed by atoms with Crippen LogP contribution in [0, 0.1) is 0 Å². The zero-order valence-electron chi connectivity index (χ0n) is 8.22. The largest absolute Gasteiger partial charge is 0.306 e. The molecule has 5 heteroatoms. The summed E-state index contributed by atoms with van der Waals surface area (Å²) < 4.78 is 0.743. The first kappa shape index (κ1) is 10.8. The molecule has 0 bridgehead atoms. The third kappa shape index (κ3) is 2.43. The average molecular weight is 278 g/mol. The second kappa shape index (κ2) is 4.85. The number of carbonyl (C=O) groups is 1. The van der Waals surface area contributed by atoms with E-state index in [0.717, 1.165) is 4.47 Å². The smallest absolute Gasteiger partial charge is 0.258 e. The quantitative estimate of drug-likeness (QED) is 0.918. The molecule has 80 valence electrons. The minimum absolute atomic E-state index is 0.229. The van der Waals surface area contributed by atoms with Crippen molar-refractivity contribution in [2.45, 2.75) is 0 Å². The molecule has 0 atom stereocenters. The second-order valence-corrected chi connectivity index (χ2v) is 3.88. The van der Waals surface area contributed by atoms with Crippen molar-refractivity contribution < 1.29 is 4.79 Å². The van der Waals surface area contributed by atoms with E-state index < -0.39 is 0 Å². The topological polar surface area (TPSA) is 54.9 Å². The standard InChI is InChI=1S/C11H8BrN3O/c12-9-4-2-6-14-10(9)15-11(16)8-3-1-5-13-7-8/h1-7H,(H,14,15,16). The van der Waals surface area contributed by atoms with Crippen LogP contribution in [0.2, 0.25) is 0 Å². The maximum absolute atomic E-state index is 11.8. The molecule has 4 nitrogen and oxygen atoms in total. The maximum atomic E-state index is 11.8. The van der Waals surface area contributed by atoms with Crippen molar-refractivity contribution in [1.29, 1.82) is 0 Å². The number of hydrogen-bond acceptors (Lipinski definition) is 3. The lowest BCUT2D eigenvalue weighted by Crippen LogP contribution is -2.13. The van der Waals surface area contributed by atoms with Crippen molar-refractivity contribution in [2.75, 3.05) is 5.32 Å². The van der Waals surface area contributed by atoms with Gasteiger partial charge in [-0.05, 0) is 40.2 Å². The van der Waals surface area contributed by atoms with E-state index in [1.54, 1.807) is 30.6 Å². The van der Waals surface area contributed by atoms with Crippen molar-refractivity contribution in [2.24, 2.45) is 0 Å². The summed E-state index contributed by atoms with van der Waals surface area (Å²) in [5.41, 5.74) is 0.500. The Balaban J connectivity index is 2.18. The van der Waals surface area contributed by atoms with Crippen molar-refractivity contribution in [3.05, 3.63) is 52.9 Å². The predicted molar refractivity (Wildman–Crippen MR) is 64.1 cm³/mol. The van der Waals surface area contributed by atoms with Gasteiger partial charge in [-0.2, -0.15) is 0 Å². The lowest BCUT2D eigenvalue weighted by molar-refractivity contribution is 0.102. The van der Waals surface area contributed by atoms with Gasteiger partial charge in [-0.1, -0.05) is 0 Å². The number of hydrogen-bond donors (Lipinski definition) is 1. The van der Waals surface area contributed by atoms with Gasteiger partial charge in [0.1, 0.15) is 5.82 Å². The predicted octanol–water partition coefficient (Wildman–Crippen LogP) is 2.49. The highest BCUT2D eigenvalue weighted by Gasteiger charge is 2.08. The van der Waals surface area contributed by atoms with Crippen LogP contribution in [0.4, 0.5) is 5.82 Å². The second-order valence-electron chi connectivity index (χ2n) is 3.03. The summed E-state index contributed by atoms with van der Waals surface area (Å²) in [5.74, 6) is 0.267. The molecule has 0 aliphatic heterocycles. The average Bonchev–Trinajstić information content (AvgIpc) is 2.33. The summed E-state index contributed by atoms with van der Waals surface area (Å²) in [6.07, 6.45) is 4.74. The first-order chi connectivity index (χ1) is 7.77. The molecule has 1 amide bonds. The summed E-state index contributed by atoms with van der Waals surface area (Å²) >= 11 is 3.30. The van der Waals surface area contributed by atoms with Gasteiger partial charge in [0.15, 0.2) is 0 Å². The number of anilines is 1. The highest BCUT2D eigenvalue weighted by molar-refractivity contribution is 9.10. The SMILES string of the molecule is O=C(Nc1ncccc1Br)c1cccnc1. The van der Waals surface area contributed by atoms with E-state index in [1.165, 1.54) is 6.20 Å². The molecule has 2 heterocycles. The van der Waals surface area contributed by atoms with Crippen LogP contribution in [-0.4, -0.2) is 15.9 Å². The van der Waals surface area contributed by atoms with E-state index in [4.69, 9.17) is 0 Å². The van der Waals surface area contributed by atoms with Crippen molar-refractivity contribution in [3.63, 3.8) is 0 Å². The molecule has 2 rings (SSSR count). The van der Waals surface area contributed by atoms with Crippen molar-refractivity contribution in [1.82, 2.24) is 9.97 Å². The molecule has 0 spiro atoms. The van der Waals surface area contributed by atoms with Gasteiger partial charge in [-0.3, -0.25) is 9.78 Å². The van der Waals surface area contributed by atoms with E-state index >= 15 is 0 Å². The van der Waals surface area contributed by atoms with Gasteiger partial charge in [0.25, 0.3) is 5.91 Å². The van der Waals surface area contributed by atoms with Crippen LogP contribution in [0.15, 0.2) is 47.3 Å². The van der Waals surface area contributed by atoms with Gasteiger partial charge in [-0.15, -0.1) is 0 Å². The van der Waals surface area contributed by atoms with Crippen LogP contribution >= 0.6 is 15.9 Å². The molecule has 0 aromatic carbocycles. The van der Waals surface area contributed by atoms with E-state index in [9.17, 15) is 4.79 Å². The summed E-state index contributed by atoms with van der Waals surface area (Å²) in [7, 11) is 0. The first-order valence-electron chi connectivity index (χ1n) is 4.59. The molecule has 0 saturated heterocycles. The molecule has 2 aromatic rings. The van der Waals surface area contributed by atoms with Crippen molar-refractivity contribution >= 4 is 27.7 Å². The number of amides is 1. The van der Waals surface area contributed by atoms with Crippen molar-refractivity contribution in [3.8, 4) is 0 Å². The van der Waals surface area contributed by atoms with Gasteiger partial charge < -0.3 is 5.32 Å². The Morgan fingerprint density at radius 2 is 2.06 bits per heavy atom. The first-order valence-corrected chi connectivity index (χ1v) is 5.38. The molecule has 0 unspecified atom stereocenters. The molecule has 1 N–H and O–H groups in total. The summed E-state index contributed by atoms with van der Waals surface area (Å²) in [6.45, 7) is 0.